The van der Waals surface area contributed by atoms with Crippen molar-refractivity contribution >= 4 is 33.8 Å². The minimum atomic E-state index is 0.733. The van der Waals surface area contributed by atoms with Crippen LogP contribution in [0.1, 0.15) is 16.7 Å². The molecule has 0 heterocycles. The van der Waals surface area contributed by atoms with Gasteiger partial charge in [0.2, 0.25) is 0 Å². The molecule has 2 nitrogen and oxygen atoms in total. The van der Waals surface area contributed by atoms with E-state index in [1.165, 1.54) is 27.5 Å². The Bertz CT molecular complexity index is 886. The zero-order valence-electron chi connectivity index (χ0n) is 14.3. The lowest BCUT2D eigenvalue weighted by Gasteiger charge is -2.22. The van der Waals surface area contributed by atoms with Crippen molar-refractivity contribution in [1.82, 2.24) is 4.90 Å². The highest BCUT2D eigenvalue weighted by Gasteiger charge is 2.08. The molecule has 0 aliphatic heterocycles. The average molecular weight is 334 g/mol. The predicted octanol–water partition coefficient (Wildman–Crippen LogP) is 5.29. The van der Waals surface area contributed by atoms with Gasteiger partial charge in [-0.1, -0.05) is 48.5 Å². The number of thiocarbonyl (C=S) groups is 1. The topological polar surface area (TPSA) is 15.3 Å². The van der Waals surface area contributed by atoms with Gasteiger partial charge in [-0.15, -0.1) is 0 Å². The number of benzene rings is 3. The predicted molar refractivity (Wildman–Crippen MR) is 108 cm³/mol. The molecule has 0 radical (unpaired) electrons. The molecule has 0 unspecified atom stereocenters. The smallest absolute Gasteiger partial charge is 0.173 e. The third kappa shape index (κ3) is 3.57. The molecule has 122 valence electrons. The third-order valence-electron chi connectivity index (χ3n) is 4.43. The Hall–Kier alpha value is -2.39. The molecular formula is C21H22N2S. The lowest BCUT2D eigenvalue weighted by atomic mass is 10.1. The first-order chi connectivity index (χ1) is 11.5. The first-order valence-electron chi connectivity index (χ1n) is 8.10. The van der Waals surface area contributed by atoms with Gasteiger partial charge >= 0.3 is 0 Å². The summed E-state index contributed by atoms with van der Waals surface area (Å²) in [5.41, 5.74) is 4.82. The Balaban J connectivity index is 1.72. The number of nitrogens with zero attached hydrogens (tertiary/aromatic N) is 1. The standard InChI is InChI=1S/C21H22N2S/c1-15-7-6-10-20(16(15)2)22-21(24)23(3)14-17-11-12-18-8-4-5-9-19(18)13-17/h4-13H,14H2,1-3H3,(H,22,24). The zero-order chi connectivity index (χ0) is 17.1. The van der Waals surface area contributed by atoms with Crippen LogP contribution in [-0.2, 0) is 6.54 Å². The highest BCUT2D eigenvalue weighted by atomic mass is 32.1. The van der Waals surface area contributed by atoms with Gasteiger partial charge in [-0.05, 0) is 65.7 Å². The van der Waals surface area contributed by atoms with Gasteiger partial charge in [0.25, 0.3) is 0 Å². The van der Waals surface area contributed by atoms with Crippen molar-refractivity contribution in [2.24, 2.45) is 0 Å². The molecular weight excluding hydrogens is 312 g/mol. The van der Waals surface area contributed by atoms with Crippen LogP contribution in [0.2, 0.25) is 0 Å². The zero-order valence-corrected chi connectivity index (χ0v) is 15.2. The van der Waals surface area contributed by atoms with Gasteiger partial charge in [-0.25, -0.2) is 0 Å². The van der Waals surface area contributed by atoms with Crippen LogP contribution in [-0.4, -0.2) is 17.1 Å². The second-order valence-corrected chi connectivity index (χ2v) is 6.60. The average Bonchev–Trinajstić information content (AvgIpc) is 2.58. The highest BCUT2D eigenvalue weighted by Crippen LogP contribution is 2.20. The van der Waals surface area contributed by atoms with Crippen molar-refractivity contribution in [3.63, 3.8) is 0 Å². The summed E-state index contributed by atoms with van der Waals surface area (Å²) in [4.78, 5) is 2.07. The Morgan fingerprint density at radius 1 is 0.958 bits per heavy atom. The van der Waals surface area contributed by atoms with Crippen LogP contribution >= 0.6 is 12.2 Å². The Morgan fingerprint density at radius 2 is 1.71 bits per heavy atom. The molecule has 3 rings (SSSR count). The van der Waals surface area contributed by atoms with Gasteiger partial charge < -0.3 is 10.2 Å². The Morgan fingerprint density at radius 3 is 2.50 bits per heavy atom. The largest absolute Gasteiger partial charge is 0.348 e. The van der Waals surface area contributed by atoms with E-state index < -0.39 is 0 Å². The van der Waals surface area contributed by atoms with Crippen molar-refractivity contribution < 1.29 is 0 Å². The van der Waals surface area contributed by atoms with Crippen LogP contribution in [0.25, 0.3) is 10.8 Å². The van der Waals surface area contributed by atoms with Crippen LogP contribution < -0.4 is 5.32 Å². The summed E-state index contributed by atoms with van der Waals surface area (Å²) in [6.45, 7) is 5.01. The molecule has 3 heteroatoms. The summed E-state index contributed by atoms with van der Waals surface area (Å²) in [5.74, 6) is 0. The molecule has 0 amide bonds. The second kappa shape index (κ2) is 7.02. The maximum absolute atomic E-state index is 5.57. The second-order valence-electron chi connectivity index (χ2n) is 6.22. The quantitative estimate of drug-likeness (QED) is 0.656. The summed E-state index contributed by atoms with van der Waals surface area (Å²) in [5, 5.41) is 6.62. The van der Waals surface area contributed by atoms with E-state index >= 15 is 0 Å². The Kier molecular flexibility index (Phi) is 4.81. The molecule has 0 bridgehead atoms. The van der Waals surface area contributed by atoms with E-state index in [-0.39, 0.29) is 0 Å². The summed E-state index contributed by atoms with van der Waals surface area (Å²) >= 11 is 5.57. The summed E-state index contributed by atoms with van der Waals surface area (Å²) in [6, 6.07) is 21.2. The molecule has 3 aromatic rings. The molecule has 0 saturated heterocycles. The molecule has 0 aliphatic rings. The Labute approximate surface area is 149 Å². The monoisotopic (exact) mass is 334 g/mol. The minimum absolute atomic E-state index is 0.733. The number of fused-ring (bicyclic) bond motifs is 1. The van der Waals surface area contributed by atoms with E-state index in [1.807, 2.05) is 7.05 Å². The van der Waals surface area contributed by atoms with E-state index in [0.29, 0.717) is 0 Å². The van der Waals surface area contributed by atoms with E-state index in [2.05, 4.69) is 84.7 Å². The SMILES string of the molecule is Cc1cccc(NC(=S)N(C)Cc2ccc3ccccc3c2)c1C. The van der Waals surface area contributed by atoms with Crippen LogP contribution in [0.3, 0.4) is 0 Å². The van der Waals surface area contributed by atoms with Gasteiger partial charge in [-0.2, -0.15) is 0 Å². The van der Waals surface area contributed by atoms with Crippen molar-refractivity contribution in [3.8, 4) is 0 Å². The van der Waals surface area contributed by atoms with E-state index in [1.54, 1.807) is 0 Å². The van der Waals surface area contributed by atoms with Crippen LogP contribution in [0.4, 0.5) is 5.69 Å². The van der Waals surface area contributed by atoms with Gasteiger partial charge in [0, 0.05) is 19.3 Å². The summed E-state index contributed by atoms with van der Waals surface area (Å²) in [7, 11) is 2.02. The fourth-order valence-electron chi connectivity index (χ4n) is 2.78. The maximum Gasteiger partial charge on any atom is 0.173 e. The summed E-state index contributed by atoms with van der Waals surface area (Å²) < 4.78 is 0. The van der Waals surface area contributed by atoms with Crippen molar-refractivity contribution in [2.75, 3.05) is 12.4 Å². The molecule has 0 fully saturated rings. The third-order valence-corrected chi connectivity index (χ3v) is 4.84. The maximum atomic E-state index is 5.57. The van der Waals surface area contributed by atoms with Crippen LogP contribution in [0, 0.1) is 13.8 Å². The summed E-state index contributed by atoms with van der Waals surface area (Å²) in [6.07, 6.45) is 0. The molecule has 0 spiro atoms. The number of hydrogen-bond acceptors (Lipinski definition) is 1. The number of aryl methyl sites for hydroxylation is 1. The fourth-order valence-corrected chi connectivity index (χ4v) is 2.95. The van der Waals surface area contributed by atoms with E-state index in [0.717, 1.165) is 17.3 Å². The van der Waals surface area contributed by atoms with Gasteiger partial charge in [0.15, 0.2) is 5.11 Å². The lowest BCUT2D eigenvalue weighted by Crippen LogP contribution is -2.30. The molecule has 3 aromatic carbocycles. The lowest BCUT2D eigenvalue weighted by molar-refractivity contribution is 0.509. The number of hydrogen-bond donors (Lipinski definition) is 1. The van der Waals surface area contributed by atoms with Crippen LogP contribution in [0.15, 0.2) is 60.7 Å². The first kappa shape index (κ1) is 16.5. The van der Waals surface area contributed by atoms with E-state index in [4.69, 9.17) is 12.2 Å². The van der Waals surface area contributed by atoms with Crippen molar-refractivity contribution in [1.29, 1.82) is 0 Å². The fraction of sp³-hybridized carbons (Fsp3) is 0.190. The molecule has 0 aromatic heterocycles. The molecule has 0 atom stereocenters. The normalized spacial score (nSPS) is 10.6. The number of anilines is 1. The van der Waals surface area contributed by atoms with E-state index in [9.17, 15) is 0 Å². The minimum Gasteiger partial charge on any atom is -0.348 e. The highest BCUT2D eigenvalue weighted by molar-refractivity contribution is 7.80. The van der Waals surface area contributed by atoms with Gasteiger partial charge in [-0.3, -0.25) is 0 Å². The molecule has 0 saturated carbocycles. The molecule has 0 aliphatic carbocycles. The number of rotatable bonds is 3. The van der Waals surface area contributed by atoms with Crippen molar-refractivity contribution in [3.05, 3.63) is 77.4 Å². The van der Waals surface area contributed by atoms with Crippen LogP contribution in [0.5, 0.6) is 0 Å². The van der Waals surface area contributed by atoms with Gasteiger partial charge in [0.05, 0.1) is 0 Å². The van der Waals surface area contributed by atoms with Gasteiger partial charge in [0.1, 0.15) is 0 Å². The molecule has 24 heavy (non-hydrogen) atoms. The first-order valence-corrected chi connectivity index (χ1v) is 8.51. The van der Waals surface area contributed by atoms with Crippen molar-refractivity contribution in [2.45, 2.75) is 20.4 Å². The molecule has 1 N–H and O–H groups in total. The number of nitrogens with one attached hydrogen (secondary N) is 1.